The van der Waals surface area contributed by atoms with Crippen molar-refractivity contribution in [2.24, 2.45) is 0 Å². The zero-order chi connectivity index (χ0) is 15.6. The number of aromatic nitrogens is 1. The summed E-state index contributed by atoms with van der Waals surface area (Å²) >= 11 is 0. The van der Waals surface area contributed by atoms with Crippen LogP contribution < -0.4 is 0 Å². The molecule has 0 amide bonds. The molecule has 3 nitrogen and oxygen atoms in total. The molecule has 1 heterocycles. The lowest BCUT2D eigenvalue weighted by molar-refractivity contribution is 0.0697. The average molecular weight is 287 g/mol. The third-order valence-corrected chi connectivity index (χ3v) is 4.20. The summed E-state index contributed by atoms with van der Waals surface area (Å²) in [6.45, 7) is 9.61. The van der Waals surface area contributed by atoms with Gasteiger partial charge in [-0.05, 0) is 49.4 Å². The van der Waals surface area contributed by atoms with Gasteiger partial charge in [-0.3, -0.25) is 0 Å². The largest absolute Gasteiger partial charge is 0.478 e. The molecule has 0 aliphatic rings. The van der Waals surface area contributed by atoms with Crippen LogP contribution in [0.15, 0.2) is 12.1 Å². The van der Waals surface area contributed by atoms with E-state index in [0.29, 0.717) is 5.56 Å². The lowest BCUT2D eigenvalue weighted by Crippen LogP contribution is -2.03. The van der Waals surface area contributed by atoms with Crippen LogP contribution >= 0.6 is 0 Å². The normalized spacial score (nSPS) is 11.2. The maximum atomic E-state index is 11.4. The smallest absolute Gasteiger partial charge is 0.335 e. The summed E-state index contributed by atoms with van der Waals surface area (Å²) in [6.07, 6.45) is 4.02. The minimum absolute atomic E-state index is 0.408. The fraction of sp³-hybridized carbons (Fsp3) is 0.500. The average Bonchev–Trinajstić information content (AvgIpc) is 2.73. The van der Waals surface area contributed by atoms with Crippen LogP contribution in [0.1, 0.15) is 60.8 Å². The Kier molecular flexibility index (Phi) is 4.71. The van der Waals surface area contributed by atoms with E-state index in [1.54, 1.807) is 0 Å². The second-order valence-electron chi connectivity index (χ2n) is 5.66. The molecule has 1 N–H and O–H groups in total. The number of aryl methyl sites for hydroxylation is 3. The van der Waals surface area contributed by atoms with Crippen LogP contribution in [0.3, 0.4) is 0 Å². The van der Waals surface area contributed by atoms with Gasteiger partial charge in [-0.1, -0.05) is 27.2 Å². The molecule has 0 aliphatic carbocycles. The van der Waals surface area contributed by atoms with E-state index in [-0.39, 0.29) is 0 Å². The van der Waals surface area contributed by atoms with E-state index in [1.807, 2.05) is 12.1 Å². The van der Waals surface area contributed by atoms with E-state index >= 15 is 0 Å². The van der Waals surface area contributed by atoms with Crippen LogP contribution in [0.5, 0.6) is 0 Å². The minimum atomic E-state index is -0.838. The number of carbonyl (C=O) groups is 1. The summed E-state index contributed by atoms with van der Waals surface area (Å²) in [7, 11) is 0. The number of hydrogen-bond donors (Lipinski definition) is 1. The Bertz CT molecular complexity index is 668. The fourth-order valence-corrected chi connectivity index (χ4v) is 3.23. The number of hydrogen-bond acceptors (Lipinski definition) is 1. The first-order valence-corrected chi connectivity index (χ1v) is 7.92. The quantitative estimate of drug-likeness (QED) is 0.845. The zero-order valence-electron chi connectivity index (χ0n) is 13.5. The summed E-state index contributed by atoms with van der Waals surface area (Å²) in [4.78, 5) is 11.4. The molecule has 0 saturated carbocycles. The molecule has 21 heavy (non-hydrogen) atoms. The zero-order valence-corrected chi connectivity index (χ0v) is 13.5. The molecule has 0 atom stereocenters. The van der Waals surface area contributed by atoms with Crippen molar-refractivity contribution in [1.82, 2.24) is 4.57 Å². The van der Waals surface area contributed by atoms with Gasteiger partial charge in [0, 0.05) is 17.6 Å². The van der Waals surface area contributed by atoms with Crippen LogP contribution in [0.25, 0.3) is 10.9 Å². The molecule has 0 bridgehead atoms. The van der Waals surface area contributed by atoms with Crippen LogP contribution in [-0.4, -0.2) is 15.6 Å². The number of nitrogens with zero attached hydrogens (tertiary/aromatic N) is 1. The maximum Gasteiger partial charge on any atom is 0.335 e. The third-order valence-electron chi connectivity index (χ3n) is 4.20. The Morgan fingerprint density at radius 1 is 1.19 bits per heavy atom. The number of aromatic carboxylic acids is 1. The summed E-state index contributed by atoms with van der Waals surface area (Å²) in [5.74, 6) is -0.838. The van der Waals surface area contributed by atoms with Gasteiger partial charge in [0.05, 0.1) is 11.1 Å². The number of carboxylic acids is 1. The van der Waals surface area contributed by atoms with Crippen molar-refractivity contribution in [2.75, 3.05) is 0 Å². The molecule has 114 valence electrons. The lowest BCUT2D eigenvalue weighted by Gasteiger charge is -2.10. The van der Waals surface area contributed by atoms with Crippen molar-refractivity contribution < 1.29 is 9.90 Å². The Labute approximate surface area is 126 Å². The van der Waals surface area contributed by atoms with Crippen LogP contribution in [0.4, 0.5) is 0 Å². The summed E-state index contributed by atoms with van der Waals surface area (Å²) in [5.41, 5.74) is 5.41. The molecular formula is C18H25NO2. The number of fused-ring (bicyclic) bond motifs is 1. The molecule has 1 aromatic heterocycles. The van der Waals surface area contributed by atoms with E-state index in [2.05, 4.69) is 32.3 Å². The molecule has 2 rings (SSSR count). The predicted octanol–water partition coefficient (Wildman–Crippen LogP) is 4.57. The van der Waals surface area contributed by atoms with Crippen LogP contribution in [-0.2, 0) is 19.4 Å². The van der Waals surface area contributed by atoms with E-state index < -0.39 is 5.97 Å². The van der Waals surface area contributed by atoms with Crippen molar-refractivity contribution in [1.29, 1.82) is 0 Å². The SMILES string of the molecule is CCCc1c(C)n(CCC)c2c(CC)cc(C(=O)O)cc12. The summed E-state index contributed by atoms with van der Waals surface area (Å²) in [5, 5.41) is 10.5. The van der Waals surface area contributed by atoms with Crippen LogP contribution in [0.2, 0.25) is 0 Å². The Balaban J connectivity index is 2.84. The topological polar surface area (TPSA) is 42.2 Å². The van der Waals surface area contributed by atoms with Gasteiger partial charge in [0.15, 0.2) is 0 Å². The molecule has 0 radical (unpaired) electrons. The van der Waals surface area contributed by atoms with Crippen molar-refractivity contribution >= 4 is 16.9 Å². The molecule has 0 spiro atoms. The maximum absolute atomic E-state index is 11.4. The lowest BCUT2D eigenvalue weighted by atomic mass is 10.00. The highest BCUT2D eigenvalue weighted by atomic mass is 16.4. The Hall–Kier alpha value is -1.77. The van der Waals surface area contributed by atoms with Crippen molar-refractivity contribution in [3.63, 3.8) is 0 Å². The standard InChI is InChI=1S/C18H25NO2/c1-5-8-15-12(4)19(9-6-2)17-13(7-3)10-14(18(20)21)11-16(15)17/h10-11H,5-9H2,1-4H3,(H,20,21). The third kappa shape index (κ3) is 2.69. The number of benzene rings is 1. The molecule has 0 saturated heterocycles. The van der Waals surface area contributed by atoms with Crippen molar-refractivity contribution in [3.05, 3.63) is 34.5 Å². The van der Waals surface area contributed by atoms with Gasteiger partial charge in [-0.2, -0.15) is 0 Å². The summed E-state index contributed by atoms with van der Waals surface area (Å²) in [6, 6.07) is 3.70. The molecule has 1 aromatic carbocycles. The second-order valence-corrected chi connectivity index (χ2v) is 5.66. The van der Waals surface area contributed by atoms with E-state index in [0.717, 1.165) is 43.2 Å². The highest BCUT2D eigenvalue weighted by molar-refractivity contribution is 5.97. The summed E-state index contributed by atoms with van der Waals surface area (Å²) < 4.78 is 2.38. The fourth-order valence-electron chi connectivity index (χ4n) is 3.23. The predicted molar refractivity (Wildman–Crippen MR) is 87.3 cm³/mol. The van der Waals surface area contributed by atoms with Gasteiger partial charge in [0.1, 0.15) is 0 Å². The van der Waals surface area contributed by atoms with E-state index in [9.17, 15) is 9.90 Å². The monoisotopic (exact) mass is 287 g/mol. The Morgan fingerprint density at radius 3 is 2.43 bits per heavy atom. The second kappa shape index (κ2) is 6.33. The number of rotatable bonds is 6. The van der Waals surface area contributed by atoms with E-state index in [4.69, 9.17) is 0 Å². The minimum Gasteiger partial charge on any atom is -0.478 e. The van der Waals surface area contributed by atoms with Gasteiger partial charge >= 0.3 is 5.97 Å². The van der Waals surface area contributed by atoms with Crippen molar-refractivity contribution in [3.8, 4) is 0 Å². The first-order chi connectivity index (χ1) is 10.0. The van der Waals surface area contributed by atoms with Gasteiger partial charge in [-0.25, -0.2) is 4.79 Å². The van der Waals surface area contributed by atoms with Gasteiger partial charge < -0.3 is 9.67 Å². The highest BCUT2D eigenvalue weighted by Crippen LogP contribution is 2.31. The molecule has 0 fully saturated rings. The first-order valence-electron chi connectivity index (χ1n) is 7.92. The number of carboxylic acid groups (broad SMARTS) is 1. The molecular weight excluding hydrogens is 262 g/mol. The first kappa shape index (κ1) is 15.6. The van der Waals surface area contributed by atoms with Gasteiger partial charge in [0.2, 0.25) is 0 Å². The Morgan fingerprint density at radius 2 is 1.90 bits per heavy atom. The molecule has 0 aliphatic heterocycles. The van der Waals surface area contributed by atoms with Gasteiger partial charge in [-0.15, -0.1) is 0 Å². The highest BCUT2D eigenvalue weighted by Gasteiger charge is 2.18. The van der Waals surface area contributed by atoms with E-state index in [1.165, 1.54) is 16.8 Å². The molecule has 0 unspecified atom stereocenters. The van der Waals surface area contributed by atoms with Crippen molar-refractivity contribution in [2.45, 2.75) is 59.9 Å². The molecule has 2 aromatic rings. The van der Waals surface area contributed by atoms with Gasteiger partial charge in [0.25, 0.3) is 0 Å². The van der Waals surface area contributed by atoms with Crippen LogP contribution in [0, 0.1) is 6.92 Å². The molecule has 3 heteroatoms.